The maximum atomic E-state index is 15.5. The summed E-state index contributed by atoms with van der Waals surface area (Å²) < 4.78 is 11.0. The number of hydrogen-bond acceptors (Lipinski definition) is 13. The van der Waals surface area contributed by atoms with Crippen LogP contribution in [0.3, 0.4) is 0 Å². The Balaban J connectivity index is 1.32. The van der Waals surface area contributed by atoms with Gasteiger partial charge in [-0.2, -0.15) is 5.01 Å². The number of phenols is 1. The first-order chi connectivity index (χ1) is 29.0. The second kappa shape index (κ2) is 15.1. The van der Waals surface area contributed by atoms with Crippen molar-refractivity contribution in [1.82, 2.24) is 5.01 Å². The molecule has 0 spiro atoms. The minimum atomic E-state index is -1.72. The Morgan fingerprint density at radius 2 is 1.52 bits per heavy atom. The summed E-state index contributed by atoms with van der Waals surface area (Å²) in [5, 5.41) is 36.6. The standard InChI is InChI=1S/C42H36Cl2N6O11/c1-46(2)37-31(49(56)57)17-23(18-32(37)50(58)59)47-38(52)26-12-11-25-27(35(26)40(47)54)19-28-39(53)48(45-30-13-8-22(43)16-29(30)44)41(55)42(28,21-6-9-24(60-3)10-7-21)36(25)20-5-14-33(51)34(15-20)61-4/h5-11,13-18,26-28,35-36,45,51H,12,19H2,1-4H3. The summed E-state index contributed by atoms with van der Waals surface area (Å²) in [4.78, 5) is 84.7. The molecule has 6 unspecified atom stereocenters. The molecule has 19 heteroatoms. The van der Waals surface area contributed by atoms with E-state index >= 15 is 9.59 Å². The fourth-order valence-corrected chi connectivity index (χ4v) is 10.3. The largest absolute Gasteiger partial charge is 0.504 e. The summed E-state index contributed by atoms with van der Waals surface area (Å²) in [6.07, 6.45) is 1.65. The molecular weight excluding hydrogens is 835 g/mol. The van der Waals surface area contributed by atoms with Gasteiger partial charge in [0.15, 0.2) is 17.2 Å². The van der Waals surface area contributed by atoms with Crippen molar-refractivity contribution in [2.75, 3.05) is 43.5 Å². The number of nitrogens with one attached hydrogen (secondary N) is 1. The van der Waals surface area contributed by atoms with E-state index in [4.69, 9.17) is 32.7 Å². The van der Waals surface area contributed by atoms with Crippen LogP contribution in [0, 0.1) is 43.9 Å². The number of halogens is 2. The minimum Gasteiger partial charge on any atom is -0.504 e. The quantitative estimate of drug-likeness (QED) is 0.0728. The summed E-state index contributed by atoms with van der Waals surface area (Å²) >= 11 is 12.7. The van der Waals surface area contributed by atoms with Gasteiger partial charge in [-0.05, 0) is 72.4 Å². The number of allylic oxidation sites excluding steroid dienone is 2. The third-order valence-corrected chi connectivity index (χ3v) is 12.8. The molecule has 8 rings (SSSR count). The van der Waals surface area contributed by atoms with Crippen molar-refractivity contribution in [2.45, 2.75) is 24.2 Å². The number of anilines is 3. The molecule has 314 valence electrons. The van der Waals surface area contributed by atoms with Gasteiger partial charge in [0.2, 0.25) is 11.8 Å². The Morgan fingerprint density at radius 1 is 0.852 bits per heavy atom. The van der Waals surface area contributed by atoms with Gasteiger partial charge in [-0.3, -0.25) is 44.8 Å². The number of rotatable bonds is 10. The molecule has 4 amide bonds. The highest BCUT2D eigenvalue weighted by atomic mass is 35.5. The van der Waals surface area contributed by atoms with Gasteiger partial charge < -0.3 is 19.5 Å². The topological polar surface area (TPSA) is 215 Å². The zero-order valence-electron chi connectivity index (χ0n) is 32.8. The van der Waals surface area contributed by atoms with E-state index in [1.54, 1.807) is 42.5 Å². The number of imide groups is 2. The Bertz CT molecular complexity index is 2590. The normalized spacial score (nSPS) is 24.2. The zero-order chi connectivity index (χ0) is 43.8. The van der Waals surface area contributed by atoms with E-state index in [2.05, 4.69) is 5.43 Å². The highest BCUT2D eigenvalue weighted by Crippen LogP contribution is 2.65. The van der Waals surface area contributed by atoms with E-state index in [0.29, 0.717) is 27.5 Å². The third-order valence-electron chi connectivity index (χ3n) is 12.3. The monoisotopic (exact) mass is 870 g/mol. The third kappa shape index (κ3) is 6.20. The number of hydrogen-bond donors (Lipinski definition) is 2. The molecule has 17 nitrogen and oxygen atoms in total. The van der Waals surface area contributed by atoms with E-state index in [9.17, 15) is 34.9 Å². The van der Waals surface area contributed by atoms with Gasteiger partial charge in [0.25, 0.3) is 11.8 Å². The van der Waals surface area contributed by atoms with Crippen molar-refractivity contribution in [3.63, 3.8) is 0 Å². The Morgan fingerprint density at radius 3 is 2.11 bits per heavy atom. The number of carbonyl (C=O) groups excluding carboxylic acids is 4. The van der Waals surface area contributed by atoms with Crippen molar-refractivity contribution >= 4 is 75.3 Å². The number of phenolic OH excluding ortho intramolecular Hbond substituents is 1. The van der Waals surface area contributed by atoms with Crippen LogP contribution in [0.5, 0.6) is 17.2 Å². The first kappa shape index (κ1) is 41.0. The molecule has 2 aliphatic heterocycles. The van der Waals surface area contributed by atoms with Gasteiger partial charge in [-0.15, -0.1) is 0 Å². The van der Waals surface area contributed by atoms with Gasteiger partial charge >= 0.3 is 11.4 Å². The fraction of sp³-hybridized carbons (Fsp3) is 0.286. The molecule has 1 saturated carbocycles. The number of methoxy groups -OCH3 is 2. The van der Waals surface area contributed by atoms with Crippen LogP contribution >= 0.6 is 23.2 Å². The lowest BCUT2D eigenvalue weighted by atomic mass is 9.49. The van der Waals surface area contributed by atoms with E-state index in [0.717, 1.165) is 22.0 Å². The van der Waals surface area contributed by atoms with Crippen LogP contribution in [0.25, 0.3) is 0 Å². The Kier molecular flexibility index (Phi) is 10.1. The number of benzene rings is 4. The highest BCUT2D eigenvalue weighted by Gasteiger charge is 2.70. The fourth-order valence-electron chi connectivity index (χ4n) is 9.80. The molecule has 4 aromatic rings. The minimum absolute atomic E-state index is 0.0168. The lowest BCUT2D eigenvalue weighted by Gasteiger charge is -2.50. The maximum Gasteiger partial charge on any atom is 0.301 e. The average molecular weight is 872 g/mol. The Hall–Kier alpha value is -6.72. The SMILES string of the molecule is COc1ccc(C23C(=O)N(Nc4ccc(Cl)cc4Cl)C(=O)C2CC2C(=CCC4C(=O)N(c5cc([N+](=O)[O-])c(N(C)C)c([N+](=O)[O-])c5)C(=O)C42)C3c2ccc(O)c(OC)c2)cc1. The van der Waals surface area contributed by atoms with Crippen molar-refractivity contribution in [1.29, 1.82) is 0 Å². The van der Waals surface area contributed by atoms with E-state index < -0.39 is 79.9 Å². The predicted molar refractivity (Wildman–Crippen MR) is 222 cm³/mol. The second-order valence-electron chi connectivity index (χ2n) is 15.4. The highest BCUT2D eigenvalue weighted by molar-refractivity contribution is 6.36. The van der Waals surface area contributed by atoms with Crippen molar-refractivity contribution in [3.05, 3.63) is 126 Å². The van der Waals surface area contributed by atoms with Crippen LogP contribution in [-0.4, -0.2) is 71.9 Å². The number of fused-ring (bicyclic) bond motifs is 4. The van der Waals surface area contributed by atoms with E-state index in [1.807, 2.05) is 0 Å². The van der Waals surface area contributed by atoms with Crippen LogP contribution < -0.4 is 24.7 Å². The second-order valence-corrected chi connectivity index (χ2v) is 16.2. The van der Waals surface area contributed by atoms with Crippen LogP contribution in [0.2, 0.25) is 10.0 Å². The van der Waals surface area contributed by atoms with Gasteiger partial charge in [0.1, 0.15) is 5.75 Å². The molecule has 2 saturated heterocycles. The lowest BCUT2D eigenvalue weighted by molar-refractivity contribution is -0.392. The maximum absolute atomic E-state index is 15.5. The molecular formula is C42H36Cl2N6O11. The summed E-state index contributed by atoms with van der Waals surface area (Å²) in [7, 11) is 5.64. The molecule has 2 N–H and O–H groups in total. The number of nitro groups is 2. The molecule has 61 heavy (non-hydrogen) atoms. The molecule has 0 aromatic heterocycles. The van der Waals surface area contributed by atoms with Gasteiger partial charge in [0.05, 0.1) is 63.6 Å². The number of carbonyl (C=O) groups is 4. The van der Waals surface area contributed by atoms with Crippen molar-refractivity contribution < 1.29 is 43.6 Å². The van der Waals surface area contributed by atoms with Gasteiger partial charge in [-0.25, -0.2) is 4.90 Å². The van der Waals surface area contributed by atoms with Gasteiger partial charge in [0, 0.05) is 37.2 Å². The smallest absolute Gasteiger partial charge is 0.301 e. The number of hydrazine groups is 1. The summed E-state index contributed by atoms with van der Waals surface area (Å²) in [5.74, 6) is -7.74. The first-order valence-corrected chi connectivity index (χ1v) is 19.6. The molecule has 4 aromatic carbocycles. The molecule has 0 radical (unpaired) electrons. The zero-order valence-corrected chi connectivity index (χ0v) is 34.3. The predicted octanol–water partition coefficient (Wildman–Crippen LogP) is 6.79. The summed E-state index contributed by atoms with van der Waals surface area (Å²) in [6.45, 7) is 0. The molecule has 3 fully saturated rings. The van der Waals surface area contributed by atoms with Crippen molar-refractivity contribution in [2.24, 2.45) is 23.7 Å². The van der Waals surface area contributed by atoms with Crippen LogP contribution in [0.1, 0.15) is 29.9 Å². The van der Waals surface area contributed by atoms with Crippen LogP contribution in [0.15, 0.2) is 84.4 Å². The number of aromatic hydroxyl groups is 1. The number of ether oxygens (including phenoxy) is 2. The number of nitro benzene ring substituents is 2. The van der Waals surface area contributed by atoms with Gasteiger partial charge in [-0.1, -0.05) is 53.1 Å². The average Bonchev–Trinajstić information content (AvgIpc) is 3.61. The molecule has 2 aliphatic carbocycles. The molecule has 0 bridgehead atoms. The summed E-state index contributed by atoms with van der Waals surface area (Å²) in [5.41, 5.74) is 0.780. The molecule has 2 heterocycles. The van der Waals surface area contributed by atoms with Crippen LogP contribution in [0.4, 0.5) is 28.4 Å². The summed E-state index contributed by atoms with van der Waals surface area (Å²) in [6, 6.07) is 17.7. The Labute approximate surface area is 357 Å². The van der Waals surface area contributed by atoms with Crippen molar-refractivity contribution in [3.8, 4) is 17.2 Å². The number of amides is 4. The van der Waals surface area contributed by atoms with E-state index in [-0.39, 0.29) is 46.4 Å². The molecule has 6 atom stereocenters. The van der Waals surface area contributed by atoms with Crippen LogP contribution in [-0.2, 0) is 24.6 Å². The van der Waals surface area contributed by atoms with E-state index in [1.165, 1.54) is 57.5 Å². The number of nitrogens with zero attached hydrogens (tertiary/aromatic N) is 5. The first-order valence-electron chi connectivity index (χ1n) is 18.9. The lowest BCUT2D eigenvalue weighted by Crippen LogP contribution is -2.53. The molecule has 4 aliphatic rings.